The van der Waals surface area contributed by atoms with Crippen LogP contribution in [0.3, 0.4) is 0 Å². The Morgan fingerprint density at radius 2 is 1.94 bits per heavy atom. The summed E-state index contributed by atoms with van der Waals surface area (Å²) < 4.78 is 59.5. The molecule has 1 saturated heterocycles. The molecule has 0 aromatic heterocycles. The molecule has 0 spiro atoms. The first kappa shape index (κ1) is 22.5. The summed E-state index contributed by atoms with van der Waals surface area (Å²) in [5, 5.41) is 3.08. The van der Waals surface area contributed by atoms with Gasteiger partial charge in [-0.05, 0) is 56.3 Å². The Labute approximate surface area is 184 Å². The third-order valence-electron chi connectivity index (χ3n) is 6.00. The fraction of sp³-hybridized carbons (Fsp3) is 0.435. The summed E-state index contributed by atoms with van der Waals surface area (Å²) in [6, 6.07) is 7.92. The van der Waals surface area contributed by atoms with Crippen LogP contribution in [0.1, 0.15) is 24.0 Å². The Morgan fingerprint density at radius 1 is 1.12 bits per heavy atom. The van der Waals surface area contributed by atoms with Crippen molar-refractivity contribution in [2.24, 2.45) is 4.99 Å². The second-order valence-electron chi connectivity index (χ2n) is 8.20. The van der Waals surface area contributed by atoms with E-state index in [-0.39, 0.29) is 6.04 Å². The Hall–Kier alpha value is -2.65. The van der Waals surface area contributed by atoms with E-state index < -0.39 is 17.6 Å². The minimum atomic E-state index is -4.48. The van der Waals surface area contributed by atoms with E-state index in [2.05, 4.69) is 17.3 Å². The number of nitrogens with zero attached hydrogens (tertiary/aromatic N) is 3. The lowest BCUT2D eigenvalue weighted by atomic mass is 10.0. The maximum Gasteiger partial charge on any atom is 0.416 e. The van der Waals surface area contributed by atoms with Crippen molar-refractivity contribution in [3.05, 3.63) is 53.3 Å². The Bertz CT molecular complexity index is 1010. The van der Waals surface area contributed by atoms with Crippen LogP contribution in [-0.2, 0) is 10.9 Å². The van der Waals surface area contributed by atoms with E-state index in [0.717, 1.165) is 31.5 Å². The first-order valence-electron chi connectivity index (χ1n) is 10.6. The molecule has 0 aliphatic carbocycles. The molecule has 1 atom stereocenters. The van der Waals surface area contributed by atoms with E-state index in [1.807, 2.05) is 4.90 Å². The molecule has 0 bridgehead atoms. The minimum absolute atomic E-state index is 0.222. The number of benzene rings is 2. The zero-order chi connectivity index (χ0) is 22.9. The maximum absolute atomic E-state index is 13.9. The Morgan fingerprint density at radius 3 is 2.69 bits per heavy atom. The van der Waals surface area contributed by atoms with Gasteiger partial charge in [0, 0.05) is 50.6 Å². The summed E-state index contributed by atoms with van der Waals surface area (Å²) in [6.45, 7) is 2.67. The number of methoxy groups -OCH3 is 1. The van der Waals surface area contributed by atoms with Crippen LogP contribution in [-0.4, -0.2) is 62.1 Å². The predicted molar refractivity (Wildman–Crippen MR) is 116 cm³/mol. The molecule has 9 heteroatoms. The van der Waals surface area contributed by atoms with Gasteiger partial charge in [-0.15, -0.1) is 0 Å². The third kappa shape index (κ3) is 4.73. The van der Waals surface area contributed by atoms with Gasteiger partial charge in [0.05, 0.1) is 16.9 Å². The summed E-state index contributed by atoms with van der Waals surface area (Å²) in [5.74, 6) is 0.0231. The van der Waals surface area contributed by atoms with Crippen LogP contribution in [0.15, 0.2) is 41.4 Å². The average Bonchev–Trinajstić information content (AvgIpc) is 2.90. The topological polar surface area (TPSA) is 40.1 Å². The molecule has 0 radical (unpaired) electrons. The van der Waals surface area contributed by atoms with Crippen molar-refractivity contribution >= 4 is 22.9 Å². The second-order valence-corrected chi connectivity index (χ2v) is 8.20. The van der Waals surface area contributed by atoms with Crippen molar-refractivity contribution in [1.29, 1.82) is 0 Å². The van der Waals surface area contributed by atoms with Gasteiger partial charge in [-0.3, -0.25) is 4.90 Å². The van der Waals surface area contributed by atoms with E-state index in [1.54, 1.807) is 13.2 Å². The lowest BCUT2D eigenvalue weighted by Gasteiger charge is -2.41. The SMILES string of the molecule is COCCC[C@H]1CN(C2=Nc3ccc(F)cc3Nc3ccc(C(F)(F)F)cc32)CCN1C. The van der Waals surface area contributed by atoms with Crippen LogP contribution in [0.2, 0.25) is 0 Å². The smallest absolute Gasteiger partial charge is 0.385 e. The maximum atomic E-state index is 13.9. The van der Waals surface area contributed by atoms with Crippen molar-refractivity contribution in [2.75, 3.05) is 45.7 Å². The van der Waals surface area contributed by atoms with Crippen LogP contribution < -0.4 is 5.32 Å². The zero-order valence-electron chi connectivity index (χ0n) is 18.0. The standard InChI is InChI=1S/C23H26F4N4O/c1-30-9-10-31(14-17(30)4-3-11-32-2)22-18-12-15(23(25,26)27)5-7-19(18)28-21-13-16(24)6-8-20(21)29-22/h5-8,12-13,17,28H,3-4,9-11,14H2,1-2H3/t17-/m0/s1. The predicted octanol–water partition coefficient (Wildman–Crippen LogP) is 5.02. The van der Waals surface area contributed by atoms with Gasteiger partial charge in [0.15, 0.2) is 0 Å². The van der Waals surface area contributed by atoms with Crippen molar-refractivity contribution in [1.82, 2.24) is 9.80 Å². The monoisotopic (exact) mass is 450 g/mol. The fourth-order valence-corrected chi connectivity index (χ4v) is 4.19. The van der Waals surface area contributed by atoms with Gasteiger partial charge < -0.3 is 15.0 Å². The van der Waals surface area contributed by atoms with E-state index in [4.69, 9.17) is 9.73 Å². The molecule has 2 aromatic carbocycles. The molecule has 172 valence electrons. The van der Waals surface area contributed by atoms with E-state index in [9.17, 15) is 17.6 Å². The number of halogens is 4. The Kier molecular flexibility index (Phi) is 6.39. The first-order chi connectivity index (χ1) is 15.3. The number of piperazine rings is 1. The first-order valence-corrected chi connectivity index (χ1v) is 10.6. The van der Waals surface area contributed by atoms with Crippen molar-refractivity contribution in [2.45, 2.75) is 25.1 Å². The van der Waals surface area contributed by atoms with Crippen LogP contribution >= 0.6 is 0 Å². The highest BCUT2D eigenvalue weighted by Gasteiger charge is 2.34. The largest absolute Gasteiger partial charge is 0.416 e. The van der Waals surface area contributed by atoms with Crippen LogP contribution in [0.5, 0.6) is 0 Å². The third-order valence-corrected chi connectivity index (χ3v) is 6.00. The number of hydrogen-bond donors (Lipinski definition) is 1. The molecule has 2 aromatic rings. The number of rotatable bonds is 4. The summed E-state index contributed by atoms with van der Waals surface area (Å²) in [6.07, 6.45) is -2.68. The second kappa shape index (κ2) is 9.07. The molecule has 2 aliphatic rings. The molecule has 0 saturated carbocycles. The highest BCUT2D eigenvalue weighted by Crippen LogP contribution is 2.38. The number of amidine groups is 1. The van der Waals surface area contributed by atoms with E-state index in [0.29, 0.717) is 48.2 Å². The van der Waals surface area contributed by atoms with E-state index in [1.165, 1.54) is 18.2 Å². The number of fused-ring (bicyclic) bond motifs is 2. The van der Waals surface area contributed by atoms with E-state index >= 15 is 0 Å². The molecule has 0 amide bonds. The number of anilines is 2. The Balaban J connectivity index is 1.75. The molecule has 1 fully saturated rings. The number of aliphatic imine (C=N–C) groups is 1. The van der Waals surface area contributed by atoms with Gasteiger partial charge in [0.25, 0.3) is 0 Å². The lowest BCUT2D eigenvalue weighted by Crippen LogP contribution is -2.53. The molecule has 0 unspecified atom stereocenters. The molecule has 5 nitrogen and oxygen atoms in total. The van der Waals surface area contributed by atoms with Gasteiger partial charge in [-0.1, -0.05) is 0 Å². The average molecular weight is 450 g/mol. The van der Waals surface area contributed by atoms with Crippen molar-refractivity contribution in [3.63, 3.8) is 0 Å². The highest BCUT2D eigenvalue weighted by molar-refractivity contribution is 6.08. The summed E-state index contributed by atoms with van der Waals surface area (Å²) >= 11 is 0. The summed E-state index contributed by atoms with van der Waals surface area (Å²) in [4.78, 5) is 9.03. The molecule has 2 aliphatic heterocycles. The summed E-state index contributed by atoms with van der Waals surface area (Å²) in [5.41, 5.74) is 0.994. The van der Waals surface area contributed by atoms with Crippen LogP contribution in [0.25, 0.3) is 0 Å². The number of ether oxygens (including phenoxy) is 1. The number of likely N-dealkylation sites (N-methyl/N-ethyl adjacent to an activating group) is 1. The van der Waals surface area contributed by atoms with Gasteiger partial charge in [-0.2, -0.15) is 13.2 Å². The normalized spacial score (nSPS) is 19.0. The molecule has 32 heavy (non-hydrogen) atoms. The fourth-order valence-electron chi connectivity index (χ4n) is 4.19. The highest BCUT2D eigenvalue weighted by atomic mass is 19.4. The molecular formula is C23H26F4N4O. The van der Waals surface area contributed by atoms with Gasteiger partial charge in [0.2, 0.25) is 0 Å². The zero-order valence-corrected chi connectivity index (χ0v) is 18.0. The quantitative estimate of drug-likeness (QED) is 0.525. The molecular weight excluding hydrogens is 424 g/mol. The number of nitrogens with one attached hydrogen (secondary N) is 1. The van der Waals surface area contributed by atoms with Crippen LogP contribution in [0.4, 0.5) is 34.6 Å². The molecule has 1 N–H and O–H groups in total. The van der Waals surface area contributed by atoms with Gasteiger partial charge >= 0.3 is 6.18 Å². The van der Waals surface area contributed by atoms with Gasteiger partial charge in [0.1, 0.15) is 11.7 Å². The van der Waals surface area contributed by atoms with Gasteiger partial charge in [-0.25, -0.2) is 9.38 Å². The lowest BCUT2D eigenvalue weighted by molar-refractivity contribution is -0.137. The summed E-state index contributed by atoms with van der Waals surface area (Å²) in [7, 11) is 3.72. The van der Waals surface area contributed by atoms with Crippen LogP contribution in [0, 0.1) is 5.82 Å². The number of alkyl halides is 3. The molecule has 4 rings (SSSR count). The van der Waals surface area contributed by atoms with Crippen molar-refractivity contribution in [3.8, 4) is 0 Å². The number of hydrogen-bond acceptors (Lipinski definition) is 5. The van der Waals surface area contributed by atoms with Crippen molar-refractivity contribution < 1.29 is 22.3 Å². The minimum Gasteiger partial charge on any atom is -0.385 e. The molecule has 2 heterocycles.